The van der Waals surface area contributed by atoms with Crippen molar-refractivity contribution in [1.29, 1.82) is 0 Å². The summed E-state index contributed by atoms with van der Waals surface area (Å²) in [6, 6.07) is 28.0. The summed E-state index contributed by atoms with van der Waals surface area (Å²) in [5.74, 6) is 0.237. The molecule has 4 aromatic rings. The zero-order valence-corrected chi connectivity index (χ0v) is 26.3. The van der Waals surface area contributed by atoms with Gasteiger partial charge in [-0.2, -0.15) is 0 Å². The first-order chi connectivity index (χ1) is 22.8. The highest BCUT2D eigenvalue weighted by atomic mass is 16.6. The first kappa shape index (κ1) is 31.6. The third-order valence-electron chi connectivity index (χ3n) is 8.64. The molecule has 2 bridgehead atoms. The van der Waals surface area contributed by atoms with Crippen LogP contribution in [-0.4, -0.2) is 78.5 Å². The monoisotopic (exact) mass is 634 g/mol. The highest BCUT2D eigenvalue weighted by Gasteiger charge is 2.40. The van der Waals surface area contributed by atoms with Crippen LogP contribution < -0.4 is 20.1 Å². The van der Waals surface area contributed by atoms with Gasteiger partial charge in [-0.05, 0) is 65.9 Å². The standard InChI is InChI=1S/C37H38N4O6/c1-40-18-8-15-33(39-34(42)20-25-16-17-26-9-5-6-10-27(26)19-25)36(44)41-23-29(38-37(45)47-31-12-3-2-4-13-31)22-30(41)24-46-32-14-7-11-28(21-32)35(40)43/h2-7,9-14,16-17,19,21,29-30,33H,8,15,18,20,22-24H2,1H3,(H,38,45)(H,39,42)/t29-,30-,33-/m0/s1. The van der Waals surface area contributed by atoms with Gasteiger partial charge in [-0.15, -0.1) is 0 Å². The van der Waals surface area contributed by atoms with E-state index in [1.807, 2.05) is 48.5 Å². The first-order valence-corrected chi connectivity index (χ1v) is 15.9. The Kier molecular flexibility index (Phi) is 9.66. The normalized spacial score (nSPS) is 20.1. The van der Waals surface area contributed by atoms with E-state index in [4.69, 9.17) is 9.47 Å². The van der Waals surface area contributed by atoms with Crippen LogP contribution in [-0.2, 0) is 16.0 Å². The van der Waals surface area contributed by atoms with Crippen molar-refractivity contribution in [3.8, 4) is 11.5 Å². The van der Waals surface area contributed by atoms with Gasteiger partial charge in [0.2, 0.25) is 11.8 Å². The number of carbonyl (C=O) groups excluding carboxylic acids is 4. The van der Waals surface area contributed by atoms with E-state index < -0.39 is 24.2 Å². The minimum atomic E-state index is -0.829. The molecule has 0 spiro atoms. The molecular formula is C37H38N4O6. The van der Waals surface area contributed by atoms with Gasteiger partial charge in [0, 0.05) is 25.7 Å². The van der Waals surface area contributed by atoms with Crippen molar-refractivity contribution in [3.05, 3.63) is 108 Å². The van der Waals surface area contributed by atoms with Crippen LogP contribution in [0.1, 0.15) is 35.2 Å². The Morgan fingerprint density at radius 2 is 1.68 bits per heavy atom. The van der Waals surface area contributed by atoms with E-state index in [0.29, 0.717) is 42.9 Å². The molecule has 10 heteroatoms. The number of benzene rings is 4. The van der Waals surface area contributed by atoms with E-state index in [1.54, 1.807) is 65.4 Å². The van der Waals surface area contributed by atoms with Crippen LogP contribution in [0.4, 0.5) is 4.79 Å². The maximum atomic E-state index is 14.2. The highest BCUT2D eigenvalue weighted by Crippen LogP contribution is 2.24. The summed E-state index contributed by atoms with van der Waals surface area (Å²) >= 11 is 0. The minimum absolute atomic E-state index is 0.115. The van der Waals surface area contributed by atoms with E-state index >= 15 is 0 Å². The van der Waals surface area contributed by atoms with Gasteiger partial charge < -0.3 is 29.9 Å². The van der Waals surface area contributed by atoms with Crippen LogP contribution in [0.5, 0.6) is 11.5 Å². The zero-order chi connectivity index (χ0) is 32.8. The number of nitrogens with one attached hydrogen (secondary N) is 2. The molecule has 0 saturated carbocycles. The van der Waals surface area contributed by atoms with Crippen molar-refractivity contribution in [2.24, 2.45) is 0 Å². The summed E-state index contributed by atoms with van der Waals surface area (Å²) in [6.45, 7) is 0.766. The Bertz CT molecular complexity index is 1760. The van der Waals surface area contributed by atoms with Gasteiger partial charge in [0.15, 0.2) is 0 Å². The van der Waals surface area contributed by atoms with Crippen molar-refractivity contribution in [2.75, 3.05) is 26.7 Å². The maximum Gasteiger partial charge on any atom is 0.412 e. The molecule has 6 rings (SSSR count). The molecule has 2 aliphatic rings. The molecule has 2 heterocycles. The predicted octanol–water partition coefficient (Wildman–Crippen LogP) is 4.57. The van der Waals surface area contributed by atoms with Gasteiger partial charge in [0.25, 0.3) is 5.91 Å². The number of nitrogens with zero attached hydrogens (tertiary/aromatic N) is 2. The van der Waals surface area contributed by atoms with E-state index in [0.717, 1.165) is 16.3 Å². The van der Waals surface area contributed by atoms with E-state index in [9.17, 15) is 19.2 Å². The molecule has 3 atom stereocenters. The van der Waals surface area contributed by atoms with Gasteiger partial charge >= 0.3 is 6.09 Å². The lowest BCUT2D eigenvalue weighted by atomic mass is 10.0. The molecule has 0 unspecified atom stereocenters. The average Bonchev–Trinajstić information content (AvgIpc) is 3.48. The molecule has 242 valence electrons. The number of fused-ring (bicyclic) bond motifs is 4. The topological polar surface area (TPSA) is 117 Å². The molecular weight excluding hydrogens is 596 g/mol. The summed E-state index contributed by atoms with van der Waals surface area (Å²) in [6.07, 6.45) is 0.751. The van der Waals surface area contributed by atoms with Crippen LogP contribution in [0.15, 0.2) is 97.1 Å². The fourth-order valence-corrected chi connectivity index (χ4v) is 6.24. The number of carbonyl (C=O) groups is 4. The van der Waals surface area contributed by atoms with Gasteiger partial charge in [-0.1, -0.05) is 66.7 Å². The molecule has 2 aliphatic heterocycles. The Morgan fingerprint density at radius 1 is 0.894 bits per heavy atom. The summed E-state index contributed by atoms with van der Waals surface area (Å²) < 4.78 is 11.6. The van der Waals surface area contributed by atoms with Crippen molar-refractivity contribution < 1.29 is 28.7 Å². The minimum Gasteiger partial charge on any atom is -0.491 e. The molecule has 0 radical (unpaired) electrons. The molecule has 4 amide bonds. The number of rotatable bonds is 5. The number of hydrogen-bond donors (Lipinski definition) is 2. The quantitative estimate of drug-likeness (QED) is 0.332. The summed E-state index contributed by atoms with van der Waals surface area (Å²) in [7, 11) is 1.72. The highest BCUT2D eigenvalue weighted by molar-refractivity contribution is 5.94. The van der Waals surface area contributed by atoms with Crippen molar-refractivity contribution >= 4 is 34.6 Å². The molecule has 1 saturated heterocycles. The third-order valence-corrected chi connectivity index (χ3v) is 8.64. The number of ether oxygens (including phenoxy) is 2. The zero-order valence-electron chi connectivity index (χ0n) is 26.3. The Labute approximate surface area is 273 Å². The largest absolute Gasteiger partial charge is 0.491 e. The van der Waals surface area contributed by atoms with E-state index in [1.165, 1.54) is 0 Å². The Balaban J connectivity index is 1.21. The average molecular weight is 635 g/mol. The van der Waals surface area contributed by atoms with Crippen LogP contribution >= 0.6 is 0 Å². The van der Waals surface area contributed by atoms with E-state index in [2.05, 4.69) is 10.6 Å². The number of amides is 4. The van der Waals surface area contributed by atoms with Crippen molar-refractivity contribution in [1.82, 2.24) is 20.4 Å². The molecule has 0 aromatic heterocycles. The Morgan fingerprint density at radius 3 is 2.51 bits per heavy atom. The first-order valence-electron chi connectivity index (χ1n) is 15.9. The Hall–Kier alpha value is -5.38. The summed E-state index contributed by atoms with van der Waals surface area (Å²) in [5.41, 5.74) is 1.35. The van der Waals surface area contributed by atoms with Gasteiger partial charge in [0.1, 0.15) is 24.1 Å². The van der Waals surface area contributed by atoms with E-state index in [-0.39, 0.29) is 37.3 Å². The van der Waals surface area contributed by atoms with Gasteiger partial charge in [-0.3, -0.25) is 14.4 Å². The second-order valence-electron chi connectivity index (χ2n) is 12.1. The van der Waals surface area contributed by atoms with Crippen LogP contribution in [0.2, 0.25) is 0 Å². The summed E-state index contributed by atoms with van der Waals surface area (Å²) in [5, 5.41) is 8.00. The summed E-state index contributed by atoms with van der Waals surface area (Å²) in [4.78, 5) is 56.8. The molecule has 0 aliphatic carbocycles. The second-order valence-corrected chi connectivity index (χ2v) is 12.1. The SMILES string of the molecule is CN1CCC[C@H](NC(=O)Cc2ccc3ccccc3c2)C(=O)N2C[C@@H](NC(=O)Oc3ccccc3)C[C@H]2COc2cccc(c2)C1=O. The van der Waals surface area contributed by atoms with Gasteiger partial charge in [-0.25, -0.2) is 4.79 Å². The molecule has 4 aromatic carbocycles. The molecule has 47 heavy (non-hydrogen) atoms. The fraction of sp³-hybridized carbons (Fsp3) is 0.297. The molecule has 1 fully saturated rings. The van der Waals surface area contributed by atoms with Crippen LogP contribution in [0, 0.1) is 0 Å². The second kappa shape index (κ2) is 14.4. The van der Waals surface area contributed by atoms with Gasteiger partial charge in [0.05, 0.1) is 18.5 Å². The van der Waals surface area contributed by atoms with Crippen molar-refractivity contribution in [2.45, 2.75) is 43.8 Å². The fourth-order valence-electron chi connectivity index (χ4n) is 6.24. The third kappa shape index (κ3) is 7.89. The maximum absolute atomic E-state index is 14.2. The molecule has 10 nitrogen and oxygen atoms in total. The smallest absolute Gasteiger partial charge is 0.412 e. The lowest BCUT2D eigenvalue weighted by Gasteiger charge is -2.30. The lowest BCUT2D eigenvalue weighted by molar-refractivity contribution is -0.137. The predicted molar refractivity (Wildman–Crippen MR) is 177 cm³/mol. The van der Waals surface area contributed by atoms with Crippen molar-refractivity contribution in [3.63, 3.8) is 0 Å². The van der Waals surface area contributed by atoms with Crippen LogP contribution in [0.3, 0.4) is 0 Å². The number of para-hydroxylation sites is 1. The molecule has 2 N–H and O–H groups in total. The lowest BCUT2D eigenvalue weighted by Crippen LogP contribution is -2.52. The number of hydrogen-bond acceptors (Lipinski definition) is 6. The van der Waals surface area contributed by atoms with Crippen LogP contribution in [0.25, 0.3) is 10.8 Å².